The van der Waals surface area contributed by atoms with Crippen molar-refractivity contribution in [1.82, 2.24) is 0 Å². The van der Waals surface area contributed by atoms with Gasteiger partial charge in [-0.3, -0.25) is 0 Å². The van der Waals surface area contributed by atoms with Crippen LogP contribution in [0.3, 0.4) is 0 Å². The summed E-state index contributed by atoms with van der Waals surface area (Å²) in [5, 5.41) is 9.94. The summed E-state index contributed by atoms with van der Waals surface area (Å²) in [7, 11) is 0. The van der Waals surface area contributed by atoms with Crippen LogP contribution < -0.4 is 0 Å². The van der Waals surface area contributed by atoms with Crippen LogP contribution in [0.2, 0.25) is 0 Å². The molecule has 0 nitrogen and oxygen atoms in total. The number of rotatable bonds is 3. The molecule has 0 saturated heterocycles. The van der Waals surface area contributed by atoms with Crippen molar-refractivity contribution in [3.05, 3.63) is 156 Å². The van der Waals surface area contributed by atoms with Crippen LogP contribution in [-0.2, 0) is 21.7 Å². The number of fused-ring (bicyclic) bond motifs is 4. The lowest BCUT2D eigenvalue weighted by molar-refractivity contribution is 0.589. The van der Waals surface area contributed by atoms with Gasteiger partial charge in [0.25, 0.3) is 0 Å². The Labute approximate surface area is 335 Å². The van der Waals surface area contributed by atoms with E-state index in [0.29, 0.717) is 0 Å². The highest BCUT2D eigenvalue weighted by atomic mass is 14.3. The predicted octanol–water partition coefficient (Wildman–Crippen LogP) is 16.1. The van der Waals surface area contributed by atoms with E-state index in [2.05, 4.69) is 217 Å². The lowest BCUT2D eigenvalue weighted by atomic mass is 9.73. The first-order valence-corrected chi connectivity index (χ1v) is 20.3. The van der Waals surface area contributed by atoms with Crippen molar-refractivity contribution in [1.29, 1.82) is 0 Å². The van der Waals surface area contributed by atoms with Gasteiger partial charge in [-0.25, -0.2) is 0 Å². The zero-order valence-corrected chi connectivity index (χ0v) is 35.5. The molecular weight excluding hydrogens is 673 g/mol. The normalized spacial score (nSPS) is 13.0. The van der Waals surface area contributed by atoms with Crippen LogP contribution in [0, 0.1) is 12.1 Å². The van der Waals surface area contributed by atoms with Crippen LogP contribution >= 0.6 is 0 Å². The van der Waals surface area contributed by atoms with Gasteiger partial charge in [0.2, 0.25) is 0 Å². The smallest absolute Gasteiger partial charge is 0.000708 e. The maximum absolute atomic E-state index is 4.10. The fourth-order valence-corrected chi connectivity index (χ4v) is 8.35. The highest BCUT2D eigenvalue weighted by Crippen LogP contribution is 2.50. The molecule has 0 bridgehead atoms. The van der Waals surface area contributed by atoms with Gasteiger partial charge < -0.3 is 0 Å². The van der Waals surface area contributed by atoms with Crippen LogP contribution in [0.5, 0.6) is 0 Å². The van der Waals surface area contributed by atoms with Crippen molar-refractivity contribution < 1.29 is 0 Å². The lowest BCUT2D eigenvalue weighted by Gasteiger charge is -2.30. The highest BCUT2D eigenvalue weighted by Gasteiger charge is 2.29. The first-order valence-electron chi connectivity index (χ1n) is 20.3. The fraction of sp³-hybridized carbons (Fsp3) is 0.286. The van der Waals surface area contributed by atoms with E-state index in [9.17, 15) is 0 Å². The van der Waals surface area contributed by atoms with Crippen LogP contribution in [0.15, 0.2) is 121 Å². The first-order chi connectivity index (χ1) is 26.3. The zero-order valence-electron chi connectivity index (χ0n) is 35.5. The molecule has 56 heavy (non-hydrogen) atoms. The molecular formula is C56H56. The van der Waals surface area contributed by atoms with Gasteiger partial charge in [-0.15, -0.1) is 0 Å². The summed E-state index contributed by atoms with van der Waals surface area (Å²) in [4.78, 5) is 0. The minimum absolute atomic E-state index is 0.0196. The molecule has 0 heteroatoms. The third kappa shape index (κ3) is 6.83. The predicted molar refractivity (Wildman–Crippen MR) is 245 cm³/mol. The molecule has 0 aliphatic carbocycles. The lowest BCUT2D eigenvalue weighted by Crippen LogP contribution is -2.15. The molecule has 0 unspecified atom stereocenters. The summed E-state index contributed by atoms with van der Waals surface area (Å²) >= 11 is 0. The second-order valence-corrected chi connectivity index (χ2v) is 20.2. The van der Waals surface area contributed by atoms with Crippen molar-refractivity contribution in [3.63, 3.8) is 0 Å². The van der Waals surface area contributed by atoms with Crippen molar-refractivity contribution in [2.75, 3.05) is 0 Å². The average molecular weight is 729 g/mol. The molecule has 0 spiro atoms. The average Bonchev–Trinajstić information content (AvgIpc) is 3.14. The second kappa shape index (κ2) is 13.2. The minimum atomic E-state index is -0.174. The molecule has 280 valence electrons. The highest BCUT2D eigenvalue weighted by molar-refractivity contribution is 6.15. The summed E-state index contributed by atoms with van der Waals surface area (Å²) in [6.07, 6.45) is 0. The Morgan fingerprint density at radius 3 is 1.54 bits per heavy atom. The molecule has 0 fully saturated rings. The summed E-state index contributed by atoms with van der Waals surface area (Å²) in [6.45, 7) is 28.0. The van der Waals surface area contributed by atoms with Gasteiger partial charge in [0.1, 0.15) is 0 Å². The largest absolute Gasteiger partial charge is 0.0616 e. The van der Waals surface area contributed by atoms with Crippen LogP contribution in [0.1, 0.15) is 105 Å². The molecule has 8 aromatic rings. The molecule has 0 aromatic heterocycles. The van der Waals surface area contributed by atoms with E-state index in [1.165, 1.54) is 82.0 Å². The van der Waals surface area contributed by atoms with E-state index in [1.807, 2.05) is 0 Å². The zero-order chi connectivity index (χ0) is 39.9. The number of benzene rings is 8. The van der Waals surface area contributed by atoms with Crippen molar-refractivity contribution >= 4 is 43.1 Å². The summed E-state index contributed by atoms with van der Waals surface area (Å²) in [5.74, 6) is 0. The van der Waals surface area contributed by atoms with E-state index in [-0.39, 0.29) is 21.7 Å². The quantitative estimate of drug-likeness (QED) is 0.170. The number of hydrogen-bond acceptors (Lipinski definition) is 0. The van der Waals surface area contributed by atoms with Gasteiger partial charge in [-0.1, -0.05) is 174 Å². The van der Waals surface area contributed by atoms with Gasteiger partial charge in [0.15, 0.2) is 0 Å². The van der Waals surface area contributed by atoms with Gasteiger partial charge >= 0.3 is 0 Å². The Kier molecular flexibility index (Phi) is 8.89. The monoisotopic (exact) mass is 728 g/mol. The molecule has 0 aliphatic heterocycles. The van der Waals surface area contributed by atoms with Crippen LogP contribution in [-0.4, -0.2) is 0 Å². The van der Waals surface area contributed by atoms with E-state index in [1.54, 1.807) is 0 Å². The maximum Gasteiger partial charge on any atom is -0.000708 e. The summed E-state index contributed by atoms with van der Waals surface area (Å²) < 4.78 is 0. The maximum atomic E-state index is 4.10. The third-order valence-corrected chi connectivity index (χ3v) is 11.8. The molecule has 0 atom stereocenters. The standard InChI is InChI=1S/C56H56/c1-53(2,3)42-23-25-46-40(29-42)31-44(55(7,8)9)34-49(46)51-47-26-24-43(54(4,5)6)30-41(47)33-50(56(10,11)12)52(51)48-32-39(28-38-19-15-16-20-45(38)48)37-22-21-35-17-13-14-18-36(35)27-37/h13-21,23-31,33-34H,1-12H3. The fourth-order valence-electron chi connectivity index (χ4n) is 8.35. The Balaban J connectivity index is 1.58. The SMILES string of the molecule is CC(C)(C)c1ccc2c(-c3c(-c4[c]c(-c5[c]cc6ccccc6c5)cc5ccccc45)c(C(C)(C)C)cc4cc(C(C)(C)C)ccc34)cc(C(C)(C)C)cc2c1. The first kappa shape index (κ1) is 37.7. The summed E-state index contributed by atoms with van der Waals surface area (Å²) in [6, 6.07) is 53.7. The molecule has 0 N–H and O–H groups in total. The molecule has 0 amide bonds. The van der Waals surface area contributed by atoms with Crippen LogP contribution in [0.4, 0.5) is 0 Å². The van der Waals surface area contributed by atoms with Crippen molar-refractivity contribution in [2.24, 2.45) is 0 Å². The van der Waals surface area contributed by atoms with Crippen LogP contribution in [0.25, 0.3) is 76.5 Å². The second-order valence-electron chi connectivity index (χ2n) is 20.2. The Morgan fingerprint density at radius 2 is 0.911 bits per heavy atom. The Bertz CT molecular complexity index is 2810. The van der Waals surface area contributed by atoms with Gasteiger partial charge in [0, 0.05) is 0 Å². The van der Waals surface area contributed by atoms with Crippen molar-refractivity contribution in [2.45, 2.75) is 105 Å². The topological polar surface area (TPSA) is 0 Å². The summed E-state index contributed by atoms with van der Waals surface area (Å²) in [5.41, 5.74) is 12.3. The van der Waals surface area contributed by atoms with Gasteiger partial charge in [-0.05, 0) is 163 Å². The molecule has 8 rings (SSSR count). The number of hydrogen-bond donors (Lipinski definition) is 0. The minimum Gasteiger partial charge on any atom is -0.0616 e. The Morgan fingerprint density at radius 1 is 0.375 bits per heavy atom. The van der Waals surface area contributed by atoms with E-state index in [4.69, 9.17) is 0 Å². The molecule has 0 saturated carbocycles. The molecule has 0 aliphatic rings. The van der Waals surface area contributed by atoms with E-state index in [0.717, 1.165) is 16.7 Å². The van der Waals surface area contributed by atoms with Gasteiger partial charge in [0.05, 0.1) is 0 Å². The molecule has 2 radical (unpaired) electrons. The van der Waals surface area contributed by atoms with E-state index < -0.39 is 0 Å². The Hall–Kier alpha value is -5.20. The van der Waals surface area contributed by atoms with E-state index >= 15 is 0 Å². The van der Waals surface area contributed by atoms with Crippen molar-refractivity contribution in [3.8, 4) is 33.4 Å². The molecule has 8 aromatic carbocycles. The molecule has 0 heterocycles. The third-order valence-electron chi connectivity index (χ3n) is 11.8. The van der Waals surface area contributed by atoms with Gasteiger partial charge in [-0.2, -0.15) is 0 Å².